The van der Waals surface area contributed by atoms with E-state index in [0.717, 1.165) is 0 Å². The van der Waals surface area contributed by atoms with Crippen LogP contribution in [0.5, 0.6) is 0 Å². The third kappa shape index (κ3) is 3.03. The van der Waals surface area contributed by atoms with E-state index in [1.54, 1.807) is 30.3 Å². The molecule has 3 rings (SSSR count). The Kier molecular flexibility index (Phi) is 3.96. The molecule has 0 atom stereocenters. The van der Waals surface area contributed by atoms with Gasteiger partial charge in [-0.2, -0.15) is 0 Å². The van der Waals surface area contributed by atoms with Crippen LogP contribution in [-0.4, -0.2) is 11.9 Å². The molecule has 2 aromatic carbocycles. The molecule has 1 aliphatic heterocycles. The smallest absolute Gasteiger partial charge is 0.363 e. The van der Waals surface area contributed by atoms with Gasteiger partial charge >= 0.3 is 5.97 Å². The Balaban J connectivity index is 1.94. The third-order valence-corrected chi connectivity index (χ3v) is 3.70. The van der Waals surface area contributed by atoms with Gasteiger partial charge in [0.05, 0.1) is 10.0 Å². The molecule has 0 unspecified atom stereocenters. The van der Waals surface area contributed by atoms with Gasteiger partial charge < -0.3 is 4.74 Å². The molecule has 0 saturated heterocycles. The van der Waals surface area contributed by atoms with Gasteiger partial charge in [-0.3, -0.25) is 0 Å². The largest absolute Gasteiger partial charge is 0.402 e. The predicted octanol–water partition coefficient (Wildman–Crippen LogP) is 4.48. The van der Waals surface area contributed by atoms with Crippen molar-refractivity contribution in [1.29, 1.82) is 0 Å². The summed E-state index contributed by atoms with van der Waals surface area (Å²) >= 11 is 11.8. The third-order valence-electron chi connectivity index (χ3n) is 2.96. The summed E-state index contributed by atoms with van der Waals surface area (Å²) < 4.78 is 18.0. The van der Waals surface area contributed by atoms with Crippen molar-refractivity contribution in [1.82, 2.24) is 0 Å². The number of cyclic esters (lactones) is 1. The molecular formula is C16H8Cl2FNO2. The van der Waals surface area contributed by atoms with Crippen molar-refractivity contribution in [2.24, 2.45) is 4.99 Å². The fourth-order valence-corrected chi connectivity index (χ4v) is 2.18. The first-order valence-electron chi connectivity index (χ1n) is 6.26. The standard InChI is InChI=1S/C16H8Cl2FNO2/c17-12-6-3-10(8-13(12)18)15-20-14(16(21)22-15)7-9-1-4-11(19)5-2-9/h1-8H. The number of ether oxygens (including phenoxy) is 1. The van der Waals surface area contributed by atoms with Gasteiger partial charge in [-0.1, -0.05) is 35.3 Å². The molecule has 110 valence electrons. The quantitative estimate of drug-likeness (QED) is 0.599. The second-order valence-corrected chi connectivity index (χ2v) is 5.33. The van der Waals surface area contributed by atoms with E-state index in [9.17, 15) is 9.18 Å². The van der Waals surface area contributed by atoms with Crippen molar-refractivity contribution in [2.45, 2.75) is 0 Å². The Labute approximate surface area is 135 Å². The number of esters is 1. The van der Waals surface area contributed by atoms with Crippen LogP contribution in [0.25, 0.3) is 6.08 Å². The predicted molar refractivity (Wildman–Crippen MR) is 83.5 cm³/mol. The Morgan fingerprint density at radius 2 is 1.77 bits per heavy atom. The van der Waals surface area contributed by atoms with Crippen LogP contribution in [0.2, 0.25) is 10.0 Å². The van der Waals surface area contributed by atoms with Crippen molar-refractivity contribution >= 4 is 41.1 Å². The highest BCUT2D eigenvalue weighted by Gasteiger charge is 2.24. The van der Waals surface area contributed by atoms with Gasteiger partial charge in [0.15, 0.2) is 5.70 Å². The molecule has 22 heavy (non-hydrogen) atoms. The highest BCUT2D eigenvalue weighted by Crippen LogP contribution is 2.25. The second kappa shape index (κ2) is 5.91. The zero-order chi connectivity index (χ0) is 15.7. The lowest BCUT2D eigenvalue weighted by molar-refractivity contribution is -0.129. The first-order chi connectivity index (χ1) is 10.5. The first kappa shape index (κ1) is 14.8. The summed E-state index contributed by atoms with van der Waals surface area (Å²) in [6, 6.07) is 10.5. The van der Waals surface area contributed by atoms with Gasteiger partial charge in [-0.25, -0.2) is 14.2 Å². The van der Waals surface area contributed by atoms with Gasteiger partial charge in [-0.15, -0.1) is 0 Å². The lowest BCUT2D eigenvalue weighted by Gasteiger charge is -2.01. The Bertz CT molecular complexity index is 813. The number of carbonyl (C=O) groups excluding carboxylic acids is 1. The lowest BCUT2D eigenvalue weighted by atomic mass is 10.2. The van der Waals surface area contributed by atoms with E-state index >= 15 is 0 Å². The molecule has 1 aliphatic rings. The molecule has 0 bridgehead atoms. The molecule has 1 heterocycles. The van der Waals surface area contributed by atoms with Gasteiger partial charge in [0.2, 0.25) is 5.90 Å². The topological polar surface area (TPSA) is 38.7 Å². The normalized spacial score (nSPS) is 15.9. The minimum absolute atomic E-state index is 0.132. The monoisotopic (exact) mass is 335 g/mol. The summed E-state index contributed by atoms with van der Waals surface area (Å²) in [5.41, 5.74) is 1.32. The van der Waals surface area contributed by atoms with Crippen LogP contribution in [0.1, 0.15) is 11.1 Å². The average Bonchev–Trinajstić information content (AvgIpc) is 2.85. The van der Waals surface area contributed by atoms with Crippen LogP contribution in [0.15, 0.2) is 53.2 Å². The van der Waals surface area contributed by atoms with E-state index in [4.69, 9.17) is 27.9 Å². The molecule has 0 saturated carbocycles. The molecule has 2 aromatic rings. The number of hydrogen-bond donors (Lipinski definition) is 0. The van der Waals surface area contributed by atoms with E-state index in [2.05, 4.69) is 4.99 Å². The highest BCUT2D eigenvalue weighted by molar-refractivity contribution is 6.42. The maximum atomic E-state index is 12.9. The molecule has 0 fully saturated rings. The number of hydrogen-bond acceptors (Lipinski definition) is 3. The van der Waals surface area contributed by atoms with Crippen molar-refractivity contribution in [2.75, 3.05) is 0 Å². The molecule has 6 heteroatoms. The molecule has 3 nitrogen and oxygen atoms in total. The Morgan fingerprint density at radius 1 is 1.05 bits per heavy atom. The van der Waals surface area contributed by atoms with Crippen molar-refractivity contribution in [3.8, 4) is 0 Å². The SMILES string of the molecule is O=C1OC(c2ccc(Cl)c(Cl)c2)=NC1=Cc1ccc(F)cc1. The van der Waals surface area contributed by atoms with E-state index in [1.807, 2.05) is 0 Å². The number of aliphatic imine (C=N–C) groups is 1. The molecule has 0 radical (unpaired) electrons. The van der Waals surface area contributed by atoms with Crippen molar-refractivity contribution in [3.63, 3.8) is 0 Å². The molecular weight excluding hydrogens is 328 g/mol. The Morgan fingerprint density at radius 3 is 2.45 bits per heavy atom. The van der Waals surface area contributed by atoms with Gasteiger partial charge in [0.1, 0.15) is 5.82 Å². The van der Waals surface area contributed by atoms with E-state index < -0.39 is 5.97 Å². The first-order valence-corrected chi connectivity index (χ1v) is 7.02. The molecule has 0 spiro atoms. The maximum Gasteiger partial charge on any atom is 0.363 e. The average molecular weight is 336 g/mol. The Hall–Kier alpha value is -2.17. The number of benzene rings is 2. The highest BCUT2D eigenvalue weighted by atomic mass is 35.5. The number of halogens is 3. The van der Waals surface area contributed by atoms with E-state index in [-0.39, 0.29) is 17.4 Å². The van der Waals surface area contributed by atoms with E-state index in [0.29, 0.717) is 21.2 Å². The number of rotatable bonds is 2. The fourth-order valence-electron chi connectivity index (χ4n) is 1.88. The molecule has 0 aromatic heterocycles. The minimum atomic E-state index is -0.578. The van der Waals surface area contributed by atoms with Gasteiger partial charge in [0, 0.05) is 5.56 Å². The summed E-state index contributed by atoms with van der Waals surface area (Å²) in [6.45, 7) is 0. The van der Waals surface area contributed by atoms with Crippen LogP contribution in [0, 0.1) is 5.82 Å². The molecule has 0 aliphatic carbocycles. The van der Waals surface area contributed by atoms with Crippen molar-refractivity contribution in [3.05, 3.63) is 75.2 Å². The second-order valence-electron chi connectivity index (χ2n) is 4.52. The van der Waals surface area contributed by atoms with E-state index in [1.165, 1.54) is 18.2 Å². The van der Waals surface area contributed by atoms with Crippen LogP contribution in [-0.2, 0) is 9.53 Å². The fraction of sp³-hybridized carbons (Fsp3) is 0. The summed E-state index contributed by atoms with van der Waals surface area (Å²) in [5, 5.41) is 0.742. The van der Waals surface area contributed by atoms with Crippen LogP contribution >= 0.6 is 23.2 Å². The maximum absolute atomic E-state index is 12.9. The van der Waals surface area contributed by atoms with Gasteiger partial charge in [-0.05, 0) is 42.0 Å². The minimum Gasteiger partial charge on any atom is -0.402 e. The molecule has 0 N–H and O–H groups in total. The summed E-state index contributed by atoms with van der Waals surface area (Å²) in [4.78, 5) is 16.0. The van der Waals surface area contributed by atoms with Crippen LogP contribution in [0.3, 0.4) is 0 Å². The van der Waals surface area contributed by atoms with Gasteiger partial charge in [0.25, 0.3) is 0 Å². The zero-order valence-electron chi connectivity index (χ0n) is 11.0. The summed E-state index contributed by atoms with van der Waals surface area (Å²) in [6.07, 6.45) is 1.52. The van der Waals surface area contributed by atoms with Crippen molar-refractivity contribution < 1.29 is 13.9 Å². The molecule has 0 amide bonds. The summed E-state index contributed by atoms with van der Waals surface area (Å²) in [5.74, 6) is -0.779. The van der Waals surface area contributed by atoms with Crippen LogP contribution in [0.4, 0.5) is 4.39 Å². The summed E-state index contributed by atoms with van der Waals surface area (Å²) in [7, 11) is 0. The number of carbonyl (C=O) groups is 1. The van der Waals surface area contributed by atoms with Crippen LogP contribution < -0.4 is 0 Å². The zero-order valence-corrected chi connectivity index (χ0v) is 12.5. The lowest BCUT2D eigenvalue weighted by Crippen LogP contribution is -2.05. The number of nitrogens with zero attached hydrogens (tertiary/aromatic N) is 1.